The second kappa shape index (κ2) is 36.3. The predicted octanol–water partition coefficient (Wildman–Crippen LogP) is 10.9. The summed E-state index contributed by atoms with van der Waals surface area (Å²) in [5.41, 5.74) is 0. The number of hydrogen-bond acceptors (Lipinski definition) is 8. The summed E-state index contributed by atoms with van der Waals surface area (Å²) in [6.45, 7) is 4.16. The molecule has 55 heavy (non-hydrogen) atoms. The fourth-order valence-electron chi connectivity index (χ4n) is 5.53. The van der Waals surface area contributed by atoms with Crippen LogP contribution in [0.2, 0.25) is 0 Å². The zero-order chi connectivity index (χ0) is 40.9. The molecule has 2 N–H and O–H groups in total. The fourth-order valence-corrected chi connectivity index (χ4v) is 6.27. The Bertz CT molecular complexity index is 1100. The van der Waals surface area contributed by atoms with Crippen molar-refractivity contribution in [2.75, 3.05) is 47.5 Å². The average Bonchev–Trinajstić information content (AvgIpc) is 3.12. The van der Waals surface area contributed by atoms with Gasteiger partial charge in [0.15, 0.2) is 6.10 Å². The van der Waals surface area contributed by atoms with Crippen LogP contribution >= 0.6 is 7.82 Å². The van der Waals surface area contributed by atoms with E-state index in [1.165, 1.54) is 77.0 Å². The molecule has 0 saturated carbocycles. The molecule has 0 aromatic heterocycles. The number of phosphoric acid groups is 1. The van der Waals surface area contributed by atoms with Gasteiger partial charge in [-0.05, 0) is 44.9 Å². The van der Waals surface area contributed by atoms with Crippen molar-refractivity contribution < 1.29 is 47.2 Å². The molecule has 320 valence electrons. The molecule has 0 fully saturated rings. The van der Waals surface area contributed by atoms with Crippen molar-refractivity contribution in [2.45, 2.75) is 174 Å². The molecular formula is C44H81NO9P+. The first-order valence-corrected chi connectivity index (χ1v) is 23.0. The van der Waals surface area contributed by atoms with Crippen LogP contribution in [0.4, 0.5) is 0 Å². The highest BCUT2D eigenvalue weighted by Gasteiger charge is 2.27. The Hall–Kier alpha value is -2.07. The molecule has 1 unspecified atom stereocenters. The van der Waals surface area contributed by atoms with Crippen LogP contribution in [0.25, 0.3) is 0 Å². The van der Waals surface area contributed by atoms with Crippen molar-refractivity contribution in [1.82, 2.24) is 0 Å². The minimum Gasteiger partial charge on any atom is -0.462 e. The second-order valence-corrected chi connectivity index (χ2v) is 17.0. The first-order valence-electron chi connectivity index (χ1n) is 21.5. The van der Waals surface area contributed by atoms with E-state index < -0.39 is 38.6 Å². The third-order valence-corrected chi connectivity index (χ3v) is 9.95. The Balaban J connectivity index is 4.59. The largest absolute Gasteiger partial charge is 0.472 e. The summed E-state index contributed by atoms with van der Waals surface area (Å²) in [5.74, 6) is -1.00. The standard InChI is InChI=1S/C44H80NO9P/c1-6-8-10-12-14-16-18-20-22-24-26-28-30-33-41(46)34-32-36-44(48)54-42(40-53-55(49,50)52-38-37-45(3,4)5)39-51-43(47)35-31-29-27-25-23-21-19-17-15-13-11-9-7-2/h14,16,20,22,26,28,30,33,41-42,46H,6-13,15,17-19,21,23-25,27,29,31-32,34-40H2,1-5H3/p+1/b16-14-,22-20-,28-26-,33-30+/t41-,42+/m0/s1. The lowest BCUT2D eigenvalue weighted by Gasteiger charge is -2.24. The van der Waals surface area contributed by atoms with Gasteiger partial charge in [-0.2, -0.15) is 0 Å². The van der Waals surface area contributed by atoms with Gasteiger partial charge in [0.05, 0.1) is 33.9 Å². The summed E-state index contributed by atoms with van der Waals surface area (Å²) in [6.07, 6.45) is 37.6. The molecule has 0 saturated heterocycles. The van der Waals surface area contributed by atoms with Crippen molar-refractivity contribution in [3.05, 3.63) is 48.6 Å². The highest BCUT2D eigenvalue weighted by molar-refractivity contribution is 7.47. The summed E-state index contributed by atoms with van der Waals surface area (Å²) in [6, 6.07) is 0. The van der Waals surface area contributed by atoms with Crippen molar-refractivity contribution in [1.29, 1.82) is 0 Å². The predicted molar refractivity (Wildman–Crippen MR) is 226 cm³/mol. The topological polar surface area (TPSA) is 129 Å². The third-order valence-electron chi connectivity index (χ3n) is 8.97. The Morgan fingerprint density at radius 1 is 0.655 bits per heavy atom. The summed E-state index contributed by atoms with van der Waals surface area (Å²) >= 11 is 0. The number of aliphatic hydroxyl groups is 1. The normalized spacial score (nSPS) is 14.7. The van der Waals surface area contributed by atoms with E-state index in [1.54, 1.807) is 12.2 Å². The van der Waals surface area contributed by atoms with Crippen LogP contribution in [-0.4, -0.2) is 86.1 Å². The van der Waals surface area contributed by atoms with E-state index in [1.807, 2.05) is 33.3 Å². The number of aliphatic hydroxyl groups excluding tert-OH is 1. The first kappa shape index (κ1) is 52.9. The molecule has 3 atom stereocenters. The maximum absolute atomic E-state index is 12.7. The Labute approximate surface area is 336 Å². The van der Waals surface area contributed by atoms with E-state index in [4.69, 9.17) is 18.5 Å². The number of esters is 2. The van der Waals surface area contributed by atoms with E-state index >= 15 is 0 Å². The molecule has 0 rings (SSSR count). The maximum atomic E-state index is 12.7. The van der Waals surface area contributed by atoms with E-state index in [0.29, 0.717) is 30.3 Å². The van der Waals surface area contributed by atoms with Gasteiger partial charge in [0.1, 0.15) is 19.8 Å². The minimum atomic E-state index is -4.43. The number of phosphoric ester groups is 1. The number of hydrogen-bond donors (Lipinski definition) is 2. The lowest BCUT2D eigenvalue weighted by Crippen LogP contribution is -2.37. The lowest BCUT2D eigenvalue weighted by atomic mass is 10.0. The van der Waals surface area contributed by atoms with Crippen LogP contribution in [0.5, 0.6) is 0 Å². The number of ether oxygens (including phenoxy) is 2. The number of rotatable bonds is 38. The highest BCUT2D eigenvalue weighted by Crippen LogP contribution is 2.43. The van der Waals surface area contributed by atoms with Gasteiger partial charge in [-0.25, -0.2) is 4.57 Å². The number of unbranched alkanes of at least 4 members (excludes halogenated alkanes) is 15. The molecule has 11 heteroatoms. The van der Waals surface area contributed by atoms with Gasteiger partial charge < -0.3 is 24.0 Å². The molecular weight excluding hydrogens is 717 g/mol. The van der Waals surface area contributed by atoms with Crippen LogP contribution in [-0.2, 0) is 32.7 Å². The van der Waals surface area contributed by atoms with E-state index in [2.05, 4.69) is 38.2 Å². The number of carbonyl (C=O) groups is 2. The van der Waals surface area contributed by atoms with Crippen molar-refractivity contribution in [3.8, 4) is 0 Å². The summed E-state index contributed by atoms with van der Waals surface area (Å²) < 4.78 is 34.1. The monoisotopic (exact) mass is 799 g/mol. The minimum absolute atomic E-state index is 0.00339. The van der Waals surface area contributed by atoms with Gasteiger partial charge >= 0.3 is 19.8 Å². The number of allylic oxidation sites excluding steroid dienone is 7. The average molecular weight is 799 g/mol. The van der Waals surface area contributed by atoms with Gasteiger partial charge in [0.2, 0.25) is 0 Å². The quantitative estimate of drug-likeness (QED) is 0.0157. The Morgan fingerprint density at radius 3 is 1.82 bits per heavy atom. The third kappa shape index (κ3) is 39.9. The first-order chi connectivity index (χ1) is 26.4. The van der Waals surface area contributed by atoms with Crippen LogP contribution in [0, 0.1) is 0 Å². The molecule has 0 heterocycles. The second-order valence-electron chi connectivity index (χ2n) is 15.6. The molecule has 0 aliphatic heterocycles. The number of quaternary nitrogens is 1. The number of nitrogens with zero attached hydrogens (tertiary/aromatic N) is 1. The van der Waals surface area contributed by atoms with Crippen molar-refractivity contribution in [3.63, 3.8) is 0 Å². The maximum Gasteiger partial charge on any atom is 0.472 e. The van der Waals surface area contributed by atoms with Crippen LogP contribution in [0.3, 0.4) is 0 Å². The SMILES string of the molecule is CCCCC/C=C\C/C=C\C/C=C\C=C\[C@H](O)CCCC(=O)O[C@H](COC(=O)CCCCCCCCCCCCCCC)COP(=O)(O)OCC[N+](C)(C)C. The fraction of sp³-hybridized carbons (Fsp3) is 0.773. The number of likely N-dealkylation sites (N-methyl/N-ethyl adjacent to an activating group) is 1. The molecule has 0 aromatic rings. The molecule has 10 nitrogen and oxygen atoms in total. The molecule has 0 radical (unpaired) electrons. The van der Waals surface area contributed by atoms with Crippen LogP contribution in [0.1, 0.15) is 162 Å². The zero-order valence-corrected chi connectivity index (χ0v) is 36.4. The van der Waals surface area contributed by atoms with E-state index in [-0.39, 0.29) is 26.1 Å². The highest BCUT2D eigenvalue weighted by atomic mass is 31.2. The molecule has 0 aliphatic carbocycles. The van der Waals surface area contributed by atoms with Gasteiger partial charge in [0, 0.05) is 12.8 Å². The molecule has 0 bridgehead atoms. The molecule has 0 aliphatic rings. The van der Waals surface area contributed by atoms with E-state index in [0.717, 1.165) is 38.5 Å². The molecule has 0 aromatic carbocycles. The summed E-state index contributed by atoms with van der Waals surface area (Å²) in [7, 11) is 1.36. The summed E-state index contributed by atoms with van der Waals surface area (Å²) in [4.78, 5) is 35.3. The van der Waals surface area contributed by atoms with Gasteiger partial charge in [-0.15, -0.1) is 0 Å². The lowest BCUT2D eigenvalue weighted by molar-refractivity contribution is -0.870. The zero-order valence-electron chi connectivity index (χ0n) is 35.5. The van der Waals surface area contributed by atoms with Crippen molar-refractivity contribution >= 4 is 19.8 Å². The van der Waals surface area contributed by atoms with Gasteiger partial charge in [-0.1, -0.05) is 152 Å². The Morgan fingerprint density at radius 2 is 1.20 bits per heavy atom. The Kier molecular flexibility index (Phi) is 34.9. The van der Waals surface area contributed by atoms with E-state index in [9.17, 15) is 24.2 Å². The molecule has 0 amide bonds. The molecule has 0 spiro atoms. The van der Waals surface area contributed by atoms with Crippen molar-refractivity contribution in [2.24, 2.45) is 0 Å². The van der Waals surface area contributed by atoms with Crippen LogP contribution < -0.4 is 0 Å². The van der Waals surface area contributed by atoms with Gasteiger partial charge in [-0.3, -0.25) is 18.6 Å². The smallest absolute Gasteiger partial charge is 0.462 e. The van der Waals surface area contributed by atoms with Gasteiger partial charge in [0.25, 0.3) is 0 Å². The number of carbonyl (C=O) groups excluding carboxylic acids is 2. The van der Waals surface area contributed by atoms with Crippen LogP contribution in [0.15, 0.2) is 48.6 Å². The summed E-state index contributed by atoms with van der Waals surface area (Å²) in [5, 5.41) is 10.3.